The highest BCUT2D eigenvalue weighted by Gasteiger charge is 2.58. The molecule has 1 aromatic heterocycles. The quantitative estimate of drug-likeness (QED) is 0.642. The van der Waals surface area contributed by atoms with E-state index in [9.17, 15) is 18.8 Å². The van der Waals surface area contributed by atoms with Crippen LogP contribution in [0.4, 0.5) is 9.18 Å². The summed E-state index contributed by atoms with van der Waals surface area (Å²) >= 11 is 0. The molecule has 0 saturated carbocycles. The molecule has 2 aromatic rings. The number of ether oxygens (including phenoxy) is 1. The molecule has 3 fully saturated rings. The zero-order chi connectivity index (χ0) is 24.4. The van der Waals surface area contributed by atoms with Gasteiger partial charge in [-0.15, -0.1) is 0 Å². The fraction of sp³-hybridized carbons (Fsp3) is 0.462. The number of rotatable bonds is 6. The third-order valence-corrected chi connectivity index (χ3v) is 7.37. The number of halogens is 1. The molecule has 1 aromatic carbocycles. The first kappa shape index (κ1) is 23.4. The highest BCUT2D eigenvalue weighted by molar-refractivity contribution is 6.07. The Morgan fingerprint density at radius 2 is 1.89 bits per heavy atom. The molecular formula is C26H29FN4O4. The number of hydrogen-bond acceptors (Lipinski definition) is 5. The van der Waals surface area contributed by atoms with Crippen LogP contribution in [0.3, 0.4) is 0 Å². The molecule has 5 rings (SSSR count). The Morgan fingerprint density at radius 1 is 1.11 bits per heavy atom. The standard InChI is InChI=1S/C26H29FN4O4/c27-21-8-2-1-6-18(21)16-23(32)30-13-10-19(11-14-30)26(22-9-3-4-12-28-22)24(33)31(25(34)29-26)17-20-7-5-15-35-20/h1-4,6,8-9,12,19-20H,5,7,10-11,13-17H2,(H,29,34). The zero-order valence-corrected chi connectivity index (χ0v) is 19.5. The van der Waals surface area contributed by atoms with Crippen LogP contribution in [0.15, 0.2) is 48.7 Å². The van der Waals surface area contributed by atoms with Crippen molar-refractivity contribution < 1.29 is 23.5 Å². The Kier molecular flexibility index (Phi) is 6.51. The van der Waals surface area contributed by atoms with Crippen LogP contribution >= 0.6 is 0 Å². The number of aromatic nitrogens is 1. The van der Waals surface area contributed by atoms with Crippen LogP contribution in [-0.4, -0.2) is 65.0 Å². The molecule has 8 nitrogen and oxygen atoms in total. The predicted octanol–water partition coefficient (Wildman–Crippen LogP) is 2.63. The minimum atomic E-state index is -1.28. The van der Waals surface area contributed by atoms with Crippen LogP contribution in [0.25, 0.3) is 0 Å². The van der Waals surface area contributed by atoms with E-state index in [-0.39, 0.29) is 36.8 Å². The van der Waals surface area contributed by atoms with Crippen LogP contribution < -0.4 is 5.32 Å². The third kappa shape index (κ3) is 4.40. The summed E-state index contributed by atoms with van der Waals surface area (Å²) < 4.78 is 19.7. The lowest BCUT2D eigenvalue weighted by molar-refractivity contribution is -0.137. The first-order valence-corrected chi connectivity index (χ1v) is 12.2. The number of urea groups is 1. The Labute approximate surface area is 203 Å². The van der Waals surface area contributed by atoms with Gasteiger partial charge >= 0.3 is 6.03 Å². The number of carbonyl (C=O) groups is 3. The van der Waals surface area contributed by atoms with Gasteiger partial charge < -0.3 is 15.0 Å². The van der Waals surface area contributed by atoms with Gasteiger partial charge in [0.25, 0.3) is 5.91 Å². The fourth-order valence-electron chi connectivity index (χ4n) is 5.49. The van der Waals surface area contributed by atoms with E-state index in [0.717, 1.165) is 12.8 Å². The van der Waals surface area contributed by atoms with Crippen LogP contribution in [0.1, 0.15) is 36.9 Å². The van der Waals surface area contributed by atoms with E-state index in [1.165, 1.54) is 11.0 Å². The molecule has 0 bridgehead atoms. The maximum Gasteiger partial charge on any atom is 0.325 e. The van der Waals surface area contributed by atoms with E-state index in [0.29, 0.717) is 43.8 Å². The Bertz CT molecular complexity index is 1100. The molecule has 2 atom stereocenters. The third-order valence-electron chi connectivity index (χ3n) is 7.37. The van der Waals surface area contributed by atoms with Crippen molar-refractivity contribution in [3.8, 4) is 0 Å². The summed E-state index contributed by atoms with van der Waals surface area (Å²) in [5, 5.41) is 2.98. The smallest absolute Gasteiger partial charge is 0.325 e. The number of amides is 4. The van der Waals surface area contributed by atoms with Crippen LogP contribution in [0.5, 0.6) is 0 Å². The lowest BCUT2D eigenvalue weighted by Crippen LogP contribution is -2.55. The molecular weight excluding hydrogens is 451 g/mol. The van der Waals surface area contributed by atoms with Crippen molar-refractivity contribution in [2.24, 2.45) is 5.92 Å². The van der Waals surface area contributed by atoms with Gasteiger partial charge in [-0.05, 0) is 49.4 Å². The SMILES string of the molecule is O=C(Cc1ccccc1F)N1CCC(C2(c3ccccn3)NC(=O)N(CC3CCCO3)C2=O)CC1. The van der Waals surface area contributed by atoms with Crippen LogP contribution in [0.2, 0.25) is 0 Å². The molecule has 184 valence electrons. The fourth-order valence-corrected chi connectivity index (χ4v) is 5.49. The Hall–Kier alpha value is -3.33. The molecule has 35 heavy (non-hydrogen) atoms. The molecule has 3 aliphatic heterocycles. The summed E-state index contributed by atoms with van der Waals surface area (Å²) in [6.45, 7) is 1.70. The molecule has 3 aliphatic rings. The molecule has 4 amide bonds. The van der Waals surface area contributed by atoms with Crippen molar-refractivity contribution in [3.63, 3.8) is 0 Å². The van der Waals surface area contributed by atoms with Gasteiger partial charge in [0.05, 0.1) is 24.8 Å². The van der Waals surface area contributed by atoms with Gasteiger partial charge in [0.1, 0.15) is 5.82 Å². The molecule has 0 spiro atoms. The zero-order valence-electron chi connectivity index (χ0n) is 19.5. The van der Waals surface area contributed by atoms with Crippen molar-refractivity contribution >= 4 is 17.8 Å². The average Bonchev–Trinajstić information content (AvgIpc) is 3.49. The summed E-state index contributed by atoms with van der Waals surface area (Å²) in [6.07, 6.45) is 4.22. The minimum Gasteiger partial charge on any atom is -0.376 e. The van der Waals surface area contributed by atoms with Gasteiger partial charge in [0, 0.05) is 31.8 Å². The van der Waals surface area contributed by atoms with Gasteiger partial charge in [0.15, 0.2) is 5.54 Å². The first-order chi connectivity index (χ1) is 17.0. The molecule has 1 N–H and O–H groups in total. The van der Waals surface area contributed by atoms with Crippen molar-refractivity contribution in [1.82, 2.24) is 20.1 Å². The van der Waals surface area contributed by atoms with Gasteiger partial charge in [-0.1, -0.05) is 24.3 Å². The van der Waals surface area contributed by atoms with E-state index in [1.807, 2.05) is 0 Å². The number of piperidine rings is 1. The molecule has 3 saturated heterocycles. The number of hydrogen-bond donors (Lipinski definition) is 1. The second-order valence-electron chi connectivity index (χ2n) is 9.43. The Balaban J connectivity index is 1.34. The first-order valence-electron chi connectivity index (χ1n) is 12.2. The highest BCUT2D eigenvalue weighted by Crippen LogP contribution is 2.41. The molecule has 2 unspecified atom stereocenters. The van der Waals surface area contributed by atoms with Gasteiger partial charge in [0.2, 0.25) is 5.91 Å². The topological polar surface area (TPSA) is 91.8 Å². The highest BCUT2D eigenvalue weighted by atomic mass is 19.1. The number of carbonyl (C=O) groups excluding carboxylic acids is 3. The Morgan fingerprint density at radius 3 is 2.57 bits per heavy atom. The summed E-state index contributed by atoms with van der Waals surface area (Å²) in [5.41, 5.74) is -0.408. The van der Waals surface area contributed by atoms with Gasteiger partial charge in [-0.25, -0.2) is 9.18 Å². The normalized spacial score (nSPS) is 25.2. The van der Waals surface area contributed by atoms with E-state index < -0.39 is 17.4 Å². The van der Waals surface area contributed by atoms with Crippen molar-refractivity contribution in [2.45, 2.75) is 43.7 Å². The number of nitrogens with one attached hydrogen (secondary N) is 1. The summed E-state index contributed by atoms with van der Waals surface area (Å²) in [4.78, 5) is 47.2. The van der Waals surface area contributed by atoms with Gasteiger partial charge in [-0.2, -0.15) is 0 Å². The largest absolute Gasteiger partial charge is 0.376 e. The molecule has 9 heteroatoms. The monoisotopic (exact) mass is 480 g/mol. The molecule has 0 aliphatic carbocycles. The van der Waals surface area contributed by atoms with Crippen molar-refractivity contribution in [1.29, 1.82) is 0 Å². The minimum absolute atomic E-state index is 0.00639. The van der Waals surface area contributed by atoms with Crippen LogP contribution in [0, 0.1) is 11.7 Å². The summed E-state index contributed by atoms with van der Waals surface area (Å²) in [5.74, 6) is -1.09. The van der Waals surface area contributed by atoms with Crippen molar-refractivity contribution in [2.75, 3.05) is 26.2 Å². The number of likely N-dealkylation sites (tertiary alicyclic amines) is 1. The second kappa shape index (κ2) is 9.73. The molecule has 4 heterocycles. The number of imide groups is 1. The average molecular weight is 481 g/mol. The summed E-state index contributed by atoms with van der Waals surface area (Å²) in [6, 6.07) is 11.2. The van der Waals surface area contributed by atoms with Gasteiger partial charge in [-0.3, -0.25) is 19.5 Å². The predicted molar refractivity (Wildman–Crippen MR) is 125 cm³/mol. The van der Waals surface area contributed by atoms with E-state index in [1.54, 1.807) is 47.5 Å². The summed E-state index contributed by atoms with van der Waals surface area (Å²) in [7, 11) is 0. The van der Waals surface area contributed by atoms with E-state index in [4.69, 9.17) is 4.74 Å². The molecule has 0 radical (unpaired) electrons. The second-order valence-corrected chi connectivity index (χ2v) is 9.43. The van der Waals surface area contributed by atoms with Crippen LogP contribution in [-0.2, 0) is 26.3 Å². The van der Waals surface area contributed by atoms with E-state index >= 15 is 0 Å². The maximum atomic E-state index is 14.0. The number of pyridine rings is 1. The number of nitrogens with zero attached hydrogens (tertiary/aromatic N) is 3. The number of benzene rings is 1. The van der Waals surface area contributed by atoms with E-state index in [2.05, 4.69) is 10.3 Å². The lowest BCUT2D eigenvalue weighted by Gasteiger charge is -2.40. The maximum absolute atomic E-state index is 14.0. The van der Waals surface area contributed by atoms with Crippen molar-refractivity contribution in [3.05, 3.63) is 65.7 Å². The lowest BCUT2D eigenvalue weighted by atomic mass is 9.75.